The van der Waals surface area contributed by atoms with E-state index in [1.165, 1.54) is 16.8 Å². The second-order valence-electron chi connectivity index (χ2n) is 7.51. The fourth-order valence-electron chi connectivity index (χ4n) is 3.69. The zero-order valence-corrected chi connectivity index (χ0v) is 18.4. The third-order valence-corrected chi connectivity index (χ3v) is 5.66. The molecule has 3 rings (SSSR count). The number of hydrogen-bond acceptors (Lipinski definition) is 5. The van der Waals surface area contributed by atoms with E-state index in [2.05, 4.69) is 52.2 Å². The van der Waals surface area contributed by atoms with Crippen molar-refractivity contribution in [3.05, 3.63) is 47.5 Å². The van der Waals surface area contributed by atoms with Crippen LogP contribution in [0.3, 0.4) is 0 Å². The van der Waals surface area contributed by atoms with Crippen molar-refractivity contribution in [1.82, 2.24) is 4.90 Å². The van der Waals surface area contributed by atoms with Crippen molar-refractivity contribution in [2.24, 2.45) is 10.7 Å². The Hall–Kier alpha value is -2.93. The molecule has 0 unspecified atom stereocenters. The number of nitrogens with two attached hydrogens (primary N) is 1. The molecular formula is C23H33N5O2. The topological polar surface area (TPSA) is 75.3 Å². The summed E-state index contributed by atoms with van der Waals surface area (Å²) in [6.07, 6.45) is 0. The number of anilines is 2. The summed E-state index contributed by atoms with van der Waals surface area (Å²) in [6.45, 7) is 10.0. The summed E-state index contributed by atoms with van der Waals surface area (Å²) in [5.74, 6) is 1.79. The number of guanidine groups is 1. The van der Waals surface area contributed by atoms with Crippen molar-refractivity contribution in [1.29, 1.82) is 0 Å². The van der Waals surface area contributed by atoms with E-state index in [0.717, 1.165) is 44.2 Å². The molecule has 0 atom stereocenters. The summed E-state index contributed by atoms with van der Waals surface area (Å²) in [6, 6.07) is 12.1. The molecule has 7 heteroatoms. The molecule has 0 radical (unpaired) electrons. The molecule has 0 bridgehead atoms. The first-order valence-electron chi connectivity index (χ1n) is 10.3. The second-order valence-corrected chi connectivity index (χ2v) is 7.51. The van der Waals surface area contributed by atoms with Crippen LogP contribution in [0, 0.1) is 13.8 Å². The Bertz CT molecular complexity index is 876. The van der Waals surface area contributed by atoms with Crippen molar-refractivity contribution in [3.8, 4) is 11.5 Å². The number of nitrogens with zero attached hydrogens (tertiary/aromatic N) is 3. The highest BCUT2D eigenvalue weighted by Gasteiger charge is 2.18. The van der Waals surface area contributed by atoms with E-state index in [4.69, 9.17) is 15.2 Å². The van der Waals surface area contributed by atoms with Crippen LogP contribution in [-0.2, 0) is 0 Å². The lowest BCUT2D eigenvalue weighted by atomic mass is 10.1. The maximum Gasteiger partial charge on any atom is 0.193 e. The Kier molecular flexibility index (Phi) is 7.41. The number of nitrogens with one attached hydrogen (secondary N) is 1. The lowest BCUT2D eigenvalue weighted by molar-refractivity contribution is 0.265. The fourth-order valence-corrected chi connectivity index (χ4v) is 3.69. The van der Waals surface area contributed by atoms with Gasteiger partial charge in [-0.05, 0) is 43.2 Å². The molecular weight excluding hydrogens is 378 g/mol. The molecule has 2 aromatic rings. The third-order valence-electron chi connectivity index (χ3n) is 5.66. The SMILES string of the molecule is COc1ccc(OC)c(NC(N)=NCCN2CCN(c3cccc(C)c3C)CC2)c1. The maximum atomic E-state index is 6.08. The lowest BCUT2D eigenvalue weighted by Gasteiger charge is -2.36. The molecule has 7 nitrogen and oxygen atoms in total. The summed E-state index contributed by atoms with van der Waals surface area (Å²) in [7, 11) is 3.25. The van der Waals surface area contributed by atoms with E-state index in [-0.39, 0.29) is 0 Å². The molecule has 2 aromatic carbocycles. The monoisotopic (exact) mass is 411 g/mol. The van der Waals surface area contributed by atoms with Gasteiger partial charge in [0.25, 0.3) is 0 Å². The van der Waals surface area contributed by atoms with Gasteiger partial charge in [0.15, 0.2) is 5.96 Å². The van der Waals surface area contributed by atoms with Crippen LogP contribution in [0.4, 0.5) is 11.4 Å². The summed E-state index contributed by atoms with van der Waals surface area (Å²) in [5.41, 5.74) is 10.9. The Morgan fingerprint density at radius 1 is 1.07 bits per heavy atom. The van der Waals surface area contributed by atoms with Crippen LogP contribution in [0.1, 0.15) is 11.1 Å². The van der Waals surface area contributed by atoms with Gasteiger partial charge in [-0.15, -0.1) is 0 Å². The van der Waals surface area contributed by atoms with Crippen LogP contribution >= 0.6 is 0 Å². The molecule has 1 fully saturated rings. The first-order chi connectivity index (χ1) is 14.5. The molecule has 30 heavy (non-hydrogen) atoms. The highest BCUT2D eigenvalue weighted by Crippen LogP contribution is 2.28. The van der Waals surface area contributed by atoms with E-state index < -0.39 is 0 Å². The standard InChI is InChI=1S/C23H33N5O2/c1-17-6-5-7-21(18(17)2)28-14-12-27(13-15-28)11-10-25-23(24)26-20-16-19(29-3)8-9-22(20)30-4/h5-9,16H,10-15H2,1-4H3,(H3,24,25,26). The molecule has 0 aromatic heterocycles. The Morgan fingerprint density at radius 2 is 1.83 bits per heavy atom. The van der Waals surface area contributed by atoms with Crippen LogP contribution in [0.2, 0.25) is 0 Å². The first kappa shape index (κ1) is 21.8. The minimum Gasteiger partial charge on any atom is -0.497 e. The molecule has 3 N–H and O–H groups in total. The van der Waals surface area contributed by atoms with Crippen LogP contribution in [0.25, 0.3) is 0 Å². The molecule has 1 aliphatic rings. The second kappa shape index (κ2) is 10.2. The molecule has 1 heterocycles. The van der Waals surface area contributed by atoms with E-state index in [1.807, 2.05) is 18.2 Å². The van der Waals surface area contributed by atoms with Crippen molar-refractivity contribution < 1.29 is 9.47 Å². The Morgan fingerprint density at radius 3 is 2.53 bits per heavy atom. The van der Waals surface area contributed by atoms with Crippen LogP contribution < -0.4 is 25.4 Å². The zero-order valence-electron chi connectivity index (χ0n) is 18.4. The number of benzene rings is 2. The van der Waals surface area contributed by atoms with Gasteiger partial charge >= 0.3 is 0 Å². The van der Waals surface area contributed by atoms with Gasteiger partial charge in [0.2, 0.25) is 0 Å². The zero-order chi connectivity index (χ0) is 21.5. The quantitative estimate of drug-likeness (QED) is 0.539. The van der Waals surface area contributed by atoms with Crippen molar-refractivity contribution in [2.75, 3.05) is 63.7 Å². The average Bonchev–Trinajstić information content (AvgIpc) is 2.76. The number of piperazine rings is 1. The summed E-state index contributed by atoms with van der Waals surface area (Å²) < 4.78 is 10.6. The minimum absolute atomic E-state index is 0.371. The van der Waals surface area contributed by atoms with Gasteiger partial charge < -0.3 is 25.4 Å². The number of rotatable bonds is 7. The number of aryl methyl sites for hydroxylation is 1. The molecule has 0 spiro atoms. The molecule has 0 aliphatic carbocycles. The normalized spacial score (nSPS) is 15.2. The maximum absolute atomic E-state index is 6.08. The molecule has 0 saturated carbocycles. The van der Waals surface area contributed by atoms with Gasteiger partial charge in [-0.2, -0.15) is 0 Å². The van der Waals surface area contributed by atoms with E-state index in [9.17, 15) is 0 Å². The number of hydrogen-bond donors (Lipinski definition) is 2. The number of methoxy groups -OCH3 is 2. The van der Waals surface area contributed by atoms with E-state index in [0.29, 0.717) is 18.3 Å². The summed E-state index contributed by atoms with van der Waals surface area (Å²) in [4.78, 5) is 9.39. The van der Waals surface area contributed by atoms with Gasteiger partial charge in [-0.1, -0.05) is 12.1 Å². The van der Waals surface area contributed by atoms with Gasteiger partial charge in [-0.3, -0.25) is 9.89 Å². The average molecular weight is 412 g/mol. The van der Waals surface area contributed by atoms with Crippen molar-refractivity contribution >= 4 is 17.3 Å². The predicted molar refractivity (Wildman–Crippen MR) is 124 cm³/mol. The van der Waals surface area contributed by atoms with Crippen LogP contribution in [0.5, 0.6) is 11.5 Å². The summed E-state index contributed by atoms with van der Waals surface area (Å²) >= 11 is 0. The Balaban J connectivity index is 1.49. The molecule has 1 saturated heterocycles. The molecule has 1 aliphatic heterocycles. The third kappa shape index (κ3) is 5.36. The lowest BCUT2D eigenvalue weighted by Crippen LogP contribution is -2.47. The smallest absolute Gasteiger partial charge is 0.193 e. The van der Waals surface area contributed by atoms with Gasteiger partial charge in [-0.25, -0.2) is 0 Å². The van der Waals surface area contributed by atoms with Crippen molar-refractivity contribution in [3.63, 3.8) is 0 Å². The van der Waals surface area contributed by atoms with E-state index in [1.54, 1.807) is 14.2 Å². The van der Waals surface area contributed by atoms with E-state index >= 15 is 0 Å². The van der Waals surface area contributed by atoms with Gasteiger partial charge in [0, 0.05) is 44.5 Å². The first-order valence-corrected chi connectivity index (χ1v) is 10.3. The largest absolute Gasteiger partial charge is 0.497 e. The predicted octanol–water partition coefficient (Wildman–Crippen LogP) is 2.87. The van der Waals surface area contributed by atoms with Gasteiger partial charge in [0.05, 0.1) is 26.5 Å². The highest BCUT2D eigenvalue weighted by molar-refractivity contribution is 5.94. The van der Waals surface area contributed by atoms with Crippen LogP contribution in [-0.4, -0.2) is 64.3 Å². The minimum atomic E-state index is 0.371. The number of aliphatic imine (C=N–C) groups is 1. The fraction of sp³-hybridized carbons (Fsp3) is 0.435. The van der Waals surface area contributed by atoms with Crippen LogP contribution in [0.15, 0.2) is 41.4 Å². The molecule has 162 valence electrons. The summed E-state index contributed by atoms with van der Waals surface area (Å²) in [5, 5.41) is 3.11. The van der Waals surface area contributed by atoms with Crippen molar-refractivity contribution in [2.45, 2.75) is 13.8 Å². The van der Waals surface area contributed by atoms with Gasteiger partial charge in [0.1, 0.15) is 11.5 Å². The Labute approximate surface area is 179 Å². The molecule has 0 amide bonds. The number of ether oxygens (including phenoxy) is 2. The highest BCUT2D eigenvalue weighted by atomic mass is 16.5.